The molecule has 1 fully saturated rings. The van der Waals surface area contributed by atoms with Crippen LogP contribution >= 0.6 is 0 Å². The zero-order chi connectivity index (χ0) is 7.40. The molecule has 1 rings (SSSR count). The zero-order valence-corrected chi connectivity index (χ0v) is 6.97. The van der Waals surface area contributed by atoms with E-state index in [9.17, 15) is 0 Å². The van der Waals surface area contributed by atoms with Crippen molar-refractivity contribution in [3.8, 4) is 0 Å². The maximum Gasteiger partial charge on any atom is -0.00772 e. The fraction of sp³-hybridized carbons (Fsp3) is 1.00. The second kappa shape index (κ2) is 3.97. The summed E-state index contributed by atoms with van der Waals surface area (Å²) < 4.78 is 0. The molecule has 0 bridgehead atoms. The van der Waals surface area contributed by atoms with Gasteiger partial charge in [-0.1, -0.05) is 13.3 Å². The van der Waals surface area contributed by atoms with Crippen LogP contribution in [0.4, 0.5) is 0 Å². The van der Waals surface area contributed by atoms with Gasteiger partial charge in [0.25, 0.3) is 0 Å². The quantitative estimate of drug-likeness (QED) is 0.638. The third-order valence-electron chi connectivity index (χ3n) is 2.73. The molecule has 0 radical (unpaired) electrons. The van der Waals surface area contributed by atoms with Gasteiger partial charge in [0.05, 0.1) is 0 Å². The molecule has 1 saturated carbocycles. The molecule has 0 aromatic heterocycles. The first-order valence-corrected chi connectivity index (χ1v) is 4.56. The van der Waals surface area contributed by atoms with Gasteiger partial charge in [-0.2, -0.15) is 0 Å². The van der Waals surface area contributed by atoms with Gasteiger partial charge >= 0.3 is 0 Å². The summed E-state index contributed by atoms with van der Waals surface area (Å²) in [5.41, 5.74) is 5.42. The first-order chi connectivity index (χ1) is 4.86. The third-order valence-corrected chi connectivity index (χ3v) is 2.73. The van der Waals surface area contributed by atoms with Crippen LogP contribution in [0.3, 0.4) is 0 Å². The highest BCUT2D eigenvalue weighted by Gasteiger charge is 2.26. The molecule has 0 aliphatic heterocycles. The average molecular weight is 141 g/mol. The molecule has 1 aliphatic carbocycles. The van der Waals surface area contributed by atoms with Crippen molar-refractivity contribution < 1.29 is 0 Å². The molecule has 2 N–H and O–H groups in total. The normalized spacial score (nSPS) is 31.8. The molecular formula is C9H19N. The Kier molecular flexibility index (Phi) is 3.20. The van der Waals surface area contributed by atoms with E-state index in [1.54, 1.807) is 0 Å². The lowest BCUT2D eigenvalue weighted by atomic mass is 9.72. The van der Waals surface area contributed by atoms with E-state index in [4.69, 9.17) is 5.73 Å². The Labute approximate surface area is 64.0 Å². The second-order valence-corrected chi connectivity index (χ2v) is 3.54. The molecule has 0 unspecified atom stereocenters. The van der Waals surface area contributed by atoms with E-state index in [-0.39, 0.29) is 0 Å². The van der Waals surface area contributed by atoms with E-state index in [1.807, 2.05) is 0 Å². The van der Waals surface area contributed by atoms with E-state index < -0.39 is 0 Å². The SMILES string of the molecule is CCC1CC(CCCN)C1. The topological polar surface area (TPSA) is 26.0 Å². The molecule has 1 nitrogen and oxygen atoms in total. The molecule has 60 valence electrons. The Bertz CT molecular complexity index is 82.0. The van der Waals surface area contributed by atoms with Crippen molar-refractivity contribution in [3.05, 3.63) is 0 Å². The minimum atomic E-state index is 0.882. The lowest BCUT2D eigenvalue weighted by Gasteiger charge is -2.34. The fourth-order valence-electron chi connectivity index (χ4n) is 1.85. The van der Waals surface area contributed by atoms with Crippen molar-refractivity contribution >= 4 is 0 Å². The van der Waals surface area contributed by atoms with Crippen molar-refractivity contribution in [2.24, 2.45) is 17.6 Å². The predicted molar refractivity (Wildman–Crippen MR) is 44.8 cm³/mol. The lowest BCUT2D eigenvalue weighted by molar-refractivity contribution is 0.175. The van der Waals surface area contributed by atoms with E-state index >= 15 is 0 Å². The van der Waals surface area contributed by atoms with Gasteiger partial charge in [-0.25, -0.2) is 0 Å². The van der Waals surface area contributed by atoms with Gasteiger partial charge in [0.2, 0.25) is 0 Å². The van der Waals surface area contributed by atoms with Gasteiger partial charge in [0.15, 0.2) is 0 Å². The van der Waals surface area contributed by atoms with E-state index in [2.05, 4.69) is 6.92 Å². The highest BCUT2D eigenvalue weighted by atomic mass is 14.5. The summed E-state index contributed by atoms with van der Waals surface area (Å²) in [5, 5.41) is 0. The molecule has 0 spiro atoms. The Morgan fingerprint density at radius 1 is 1.30 bits per heavy atom. The van der Waals surface area contributed by atoms with Crippen LogP contribution in [-0.2, 0) is 0 Å². The summed E-state index contributed by atoms with van der Waals surface area (Å²) >= 11 is 0. The van der Waals surface area contributed by atoms with Gasteiger partial charge in [0.1, 0.15) is 0 Å². The highest BCUT2D eigenvalue weighted by Crippen LogP contribution is 2.38. The molecule has 0 aromatic rings. The molecule has 0 atom stereocenters. The first kappa shape index (κ1) is 8.06. The number of hydrogen-bond acceptors (Lipinski definition) is 1. The monoisotopic (exact) mass is 141 g/mol. The summed E-state index contributed by atoms with van der Waals surface area (Å²) in [7, 11) is 0. The number of hydrogen-bond donors (Lipinski definition) is 1. The first-order valence-electron chi connectivity index (χ1n) is 4.56. The van der Waals surface area contributed by atoms with Gasteiger partial charge in [-0.05, 0) is 44.1 Å². The van der Waals surface area contributed by atoms with Crippen LogP contribution < -0.4 is 5.73 Å². The van der Waals surface area contributed by atoms with Crippen LogP contribution in [0.15, 0.2) is 0 Å². The van der Waals surface area contributed by atoms with Crippen molar-refractivity contribution in [1.82, 2.24) is 0 Å². The molecule has 1 aliphatic rings. The van der Waals surface area contributed by atoms with Crippen molar-refractivity contribution in [1.29, 1.82) is 0 Å². The summed E-state index contributed by atoms with van der Waals surface area (Å²) in [6, 6.07) is 0. The van der Waals surface area contributed by atoms with Crippen LogP contribution in [0.1, 0.15) is 39.0 Å². The number of nitrogens with two attached hydrogens (primary N) is 1. The Balaban J connectivity index is 1.93. The maximum absolute atomic E-state index is 5.42. The average Bonchev–Trinajstić information content (AvgIpc) is 1.86. The highest BCUT2D eigenvalue weighted by molar-refractivity contribution is 4.78. The Morgan fingerprint density at radius 2 is 2.00 bits per heavy atom. The summed E-state index contributed by atoms with van der Waals surface area (Å²) in [6.45, 7) is 3.18. The molecule has 10 heavy (non-hydrogen) atoms. The van der Waals surface area contributed by atoms with Crippen molar-refractivity contribution in [2.75, 3.05) is 6.54 Å². The largest absolute Gasteiger partial charge is 0.330 e. The molecule has 0 aromatic carbocycles. The van der Waals surface area contributed by atoms with Crippen LogP contribution in [0.5, 0.6) is 0 Å². The summed E-state index contributed by atoms with van der Waals surface area (Å²) in [4.78, 5) is 0. The molecule has 0 amide bonds. The minimum Gasteiger partial charge on any atom is -0.330 e. The van der Waals surface area contributed by atoms with Gasteiger partial charge < -0.3 is 5.73 Å². The summed E-state index contributed by atoms with van der Waals surface area (Å²) in [6.07, 6.45) is 6.97. The fourth-order valence-corrected chi connectivity index (χ4v) is 1.85. The molecule has 1 heteroatoms. The lowest BCUT2D eigenvalue weighted by Crippen LogP contribution is -2.23. The van der Waals surface area contributed by atoms with Gasteiger partial charge in [-0.15, -0.1) is 0 Å². The van der Waals surface area contributed by atoms with Crippen LogP contribution in [0.2, 0.25) is 0 Å². The number of rotatable bonds is 4. The summed E-state index contributed by atoms with van der Waals surface area (Å²) in [5.74, 6) is 2.09. The Morgan fingerprint density at radius 3 is 2.50 bits per heavy atom. The van der Waals surface area contributed by atoms with E-state index in [1.165, 1.54) is 32.1 Å². The zero-order valence-electron chi connectivity index (χ0n) is 6.97. The molecular weight excluding hydrogens is 122 g/mol. The van der Waals surface area contributed by atoms with Crippen LogP contribution in [-0.4, -0.2) is 6.54 Å². The third kappa shape index (κ3) is 1.98. The van der Waals surface area contributed by atoms with E-state index in [0.717, 1.165) is 18.4 Å². The van der Waals surface area contributed by atoms with Crippen LogP contribution in [0, 0.1) is 11.8 Å². The van der Waals surface area contributed by atoms with Gasteiger partial charge in [-0.3, -0.25) is 0 Å². The second-order valence-electron chi connectivity index (χ2n) is 3.54. The molecule has 0 heterocycles. The van der Waals surface area contributed by atoms with E-state index in [0.29, 0.717) is 0 Å². The minimum absolute atomic E-state index is 0.882. The van der Waals surface area contributed by atoms with Gasteiger partial charge in [0, 0.05) is 0 Å². The van der Waals surface area contributed by atoms with Crippen molar-refractivity contribution in [2.45, 2.75) is 39.0 Å². The smallest absolute Gasteiger partial charge is 0.00772 e. The predicted octanol–water partition coefficient (Wildman–Crippen LogP) is 2.16. The maximum atomic E-state index is 5.42. The van der Waals surface area contributed by atoms with Crippen molar-refractivity contribution in [3.63, 3.8) is 0 Å². The molecule has 0 saturated heterocycles. The van der Waals surface area contributed by atoms with Crippen LogP contribution in [0.25, 0.3) is 0 Å². The Hall–Kier alpha value is -0.0400. The standard InChI is InChI=1S/C9H19N/c1-2-8-6-9(7-8)4-3-5-10/h8-9H,2-7,10H2,1H3.